The Balaban J connectivity index is 1.75. The summed E-state index contributed by atoms with van der Waals surface area (Å²) < 4.78 is 6.98. The van der Waals surface area contributed by atoms with Crippen LogP contribution in [0.5, 0.6) is 0 Å². The molecule has 0 aliphatic carbocycles. The number of esters is 1. The fraction of sp³-hybridized carbons (Fsp3) is 0.160. The van der Waals surface area contributed by atoms with Gasteiger partial charge in [-0.05, 0) is 41.8 Å². The number of hydrogen-bond acceptors (Lipinski definition) is 5. The molecule has 4 rings (SSSR count). The van der Waals surface area contributed by atoms with E-state index >= 15 is 0 Å². The minimum Gasteiger partial charge on any atom is -0.465 e. The lowest BCUT2D eigenvalue weighted by Gasteiger charge is -2.12. The molecule has 1 aromatic heterocycles. The number of carbonyl (C=O) groups is 1. The maximum Gasteiger partial charge on any atom is 0.340 e. The van der Waals surface area contributed by atoms with Crippen LogP contribution in [0.15, 0.2) is 66.7 Å². The van der Waals surface area contributed by atoms with Crippen LogP contribution in [-0.2, 0) is 11.3 Å². The molecule has 0 radical (unpaired) electrons. The molecule has 0 bridgehead atoms. The van der Waals surface area contributed by atoms with E-state index in [-0.39, 0.29) is 0 Å². The molecule has 0 spiro atoms. The molecule has 0 unspecified atom stereocenters. The quantitative estimate of drug-likeness (QED) is 0.460. The lowest BCUT2D eigenvalue weighted by molar-refractivity contribution is 0.0602. The van der Waals surface area contributed by atoms with Gasteiger partial charge in [0.05, 0.1) is 41.9 Å². The van der Waals surface area contributed by atoms with Crippen LogP contribution in [0.25, 0.3) is 22.2 Å². The smallest absolute Gasteiger partial charge is 0.340 e. The fourth-order valence-corrected chi connectivity index (χ4v) is 3.71. The first-order chi connectivity index (χ1) is 15.2. The first kappa shape index (κ1) is 20.2. The largest absolute Gasteiger partial charge is 0.465 e. The van der Waals surface area contributed by atoms with Crippen molar-refractivity contribution in [3.63, 3.8) is 0 Å². The number of nitriles is 1. The molecule has 0 saturated heterocycles. The summed E-state index contributed by atoms with van der Waals surface area (Å²) in [5.74, 6) is 0.311. The van der Waals surface area contributed by atoms with E-state index in [1.807, 2.05) is 72.2 Å². The summed E-state index contributed by atoms with van der Waals surface area (Å²) in [5.41, 5.74) is 5.55. The number of hydrogen-bond donors (Lipinski definition) is 1. The third kappa shape index (κ3) is 3.86. The van der Waals surface area contributed by atoms with Gasteiger partial charge in [-0.2, -0.15) is 5.26 Å². The van der Waals surface area contributed by atoms with Crippen molar-refractivity contribution in [1.82, 2.24) is 9.55 Å². The number of anilines is 1. The summed E-state index contributed by atoms with van der Waals surface area (Å²) >= 11 is 0. The van der Waals surface area contributed by atoms with Crippen molar-refractivity contribution in [2.45, 2.75) is 13.5 Å². The van der Waals surface area contributed by atoms with Crippen LogP contribution in [0.3, 0.4) is 0 Å². The molecule has 31 heavy (non-hydrogen) atoms. The topological polar surface area (TPSA) is 79.9 Å². The van der Waals surface area contributed by atoms with Crippen LogP contribution in [0.1, 0.15) is 28.4 Å². The van der Waals surface area contributed by atoms with E-state index in [0.29, 0.717) is 30.2 Å². The van der Waals surface area contributed by atoms with Crippen molar-refractivity contribution in [1.29, 1.82) is 5.26 Å². The monoisotopic (exact) mass is 410 g/mol. The summed E-state index contributed by atoms with van der Waals surface area (Å²) in [6.45, 7) is 3.25. The summed E-state index contributed by atoms with van der Waals surface area (Å²) in [6.07, 6.45) is 0. The number of nitrogens with zero attached hydrogens (tertiary/aromatic N) is 3. The summed E-state index contributed by atoms with van der Waals surface area (Å²) in [6, 6.07) is 23.3. The molecule has 1 heterocycles. The highest BCUT2D eigenvalue weighted by molar-refractivity contribution is 6.02. The van der Waals surface area contributed by atoms with Crippen LogP contribution >= 0.6 is 0 Å². The van der Waals surface area contributed by atoms with Gasteiger partial charge in [0.1, 0.15) is 0 Å². The molecule has 4 aromatic rings. The number of fused-ring (bicyclic) bond motifs is 1. The second-order valence-electron chi connectivity index (χ2n) is 7.07. The van der Waals surface area contributed by atoms with Gasteiger partial charge in [-0.3, -0.25) is 0 Å². The molecular formula is C25H22N4O2. The van der Waals surface area contributed by atoms with E-state index < -0.39 is 5.97 Å². The average Bonchev–Trinajstić information content (AvgIpc) is 3.16. The third-order valence-corrected chi connectivity index (χ3v) is 5.16. The Labute approximate surface area is 180 Å². The number of methoxy groups -OCH3 is 1. The van der Waals surface area contributed by atoms with Gasteiger partial charge in [0.15, 0.2) is 0 Å². The lowest BCUT2D eigenvalue weighted by atomic mass is 9.99. The molecular weight excluding hydrogens is 388 g/mol. The van der Waals surface area contributed by atoms with Gasteiger partial charge < -0.3 is 14.6 Å². The Hall–Kier alpha value is -4.11. The van der Waals surface area contributed by atoms with Crippen LogP contribution in [0.2, 0.25) is 0 Å². The van der Waals surface area contributed by atoms with Gasteiger partial charge in [-0.25, -0.2) is 9.78 Å². The van der Waals surface area contributed by atoms with Gasteiger partial charge >= 0.3 is 5.97 Å². The van der Waals surface area contributed by atoms with Gasteiger partial charge in [0.25, 0.3) is 0 Å². The average molecular weight is 410 g/mol. The summed E-state index contributed by atoms with van der Waals surface area (Å²) in [5, 5.41) is 12.7. The maximum atomic E-state index is 12.4. The van der Waals surface area contributed by atoms with E-state index in [1.54, 1.807) is 6.07 Å². The first-order valence-corrected chi connectivity index (χ1v) is 10.1. The molecule has 0 aliphatic rings. The number of imidazole rings is 1. The van der Waals surface area contributed by atoms with Crippen molar-refractivity contribution in [3.8, 4) is 17.2 Å². The van der Waals surface area contributed by atoms with Crippen molar-refractivity contribution in [2.24, 2.45) is 0 Å². The minimum absolute atomic E-state index is 0.391. The third-order valence-electron chi connectivity index (χ3n) is 5.16. The molecule has 154 valence electrons. The number of rotatable bonds is 6. The number of aromatic nitrogens is 2. The first-order valence-electron chi connectivity index (χ1n) is 10.1. The van der Waals surface area contributed by atoms with E-state index in [9.17, 15) is 10.1 Å². The normalized spacial score (nSPS) is 10.6. The van der Waals surface area contributed by atoms with Crippen LogP contribution < -0.4 is 5.32 Å². The zero-order valence-corrected chi connectivity index (χ0v) is 17.4. The predicted molar refractivity (Wildman–Crippen MR) is 121 cm³/mol. The van der Waals surface area contributed by atoms with E-state index in [1.165, 1.54) is 7.11 Å². The molecule has 0 amide bonds. The van der Waals surface area contributed by atoms with Crippen molar-refractivity contribution < 1.29 is 9.53 Å². The molecule has 6 heteroatoms. The SMILES string of the molecule is CCNc1nc2cccc(C(=O)OC)c2n1Cc1ccc(-c2ccccc2C#N)cc1. The molecule has 1 N–H and O–H groups in total. The van der Waals surface area contributed by atoms with Gasteiger partial charge in [-0.1, -0.05) is 48.5 Å². The summed E-state index contributed by atoms with van der Waals surface area (Å²) in [7, 11) is 1.38. The standard InChI is InChI=1S/C25H22N4O2/c1-3-27-25-28-22-10-6-9-21(24(30)31-2)23(22)29(25)16-17-11-13-18(14-12-17)20-8-5-4-7-19(20)15-26/h4-14H,3,16H2,1-2H3,(H,27,28). The van der Waals surface area contributed by atoms with E-state index in [4.69, 9.17) is 4.74 Å². The zero-order valence-electron chi connectivity index (χ0n) is 17.4. The van der Waals surface area contributed by atoms with Gasteiger partial charge in [0.2, 0.25) is 5.95 Å². The molecule has 6 nitrogen and oxygen atoms in total. The van der Waals surface area contributed by atoms with Crippen molar-refractivity contribution >= 4 is 23.0 Å². The highest BCUT2D eigenvalue weighted by Gasteiger charge is 2.18. The zero-order chi connectivity index (χ0) is 21.8. The van der Waals surface area contributed by atoms with Gasteiger partial charge in [0, 0.05) is 6.54 Å². The molecule has 0 fully saturated rings. The minimum atomic E-state index is -0.391. The highest BCUT2D eigenvalue weighted by atomic mass is 16.5. The molecule has 3 aromatic carbocycles. The van der Waals surface area contributed by atoms with Crippen molar-refractivity contribution in [2.75, 3.05) is 19.0 Å². The van der Waals surface area contributed by atoms with Crippen LogP contribution in [-0.4, -0.2) is 29.2 Å². The number of nitrogens with one attached hydrogen (secondary N) is 1. The molecule has 0 aliphatic heterocycles. The molecule has 0 saturated carbocycles. The number of benzene rings is 3. The number of para-hydroxylation sites is 1. The number of carbonyl (C=O) groups excluding carboxylic acids is 1. The Morgan fingerprint density at radius 2 is 1.87 bits per heavy atom. The Morgan fingerprint density at radius 1 is 1.10 bits per heavy atom. The van der Waals surface area contributed by atoms with Crippen LogP contribution in [0.4, 0.5) is 5.95 Å². The second kappa shape index (κ2) is 8.72. The van der Waals surface area contributed by atoms with Crippen molar-refractivity contribution in [3.05, 3.63) is 83.4 Å². The fourth-order valence-electron chi connectivity index (χ4n) is 3.71. The van der Waals surface area contributed by atoms with E-state index in [0.717, 1.165) is 27.7 Å². The van der Waals surface area contributed by atoms with E-state index in [2.05, 4.69) is 16.4 Å². The Bertz CT molecular complexity index is 1280. The Morgan fingerprint density at radius 3 is 2.58 bits per heavy atom. The van der Waals surface area contributed by atoms with Crippen LogP contribution in [0, 0.1) is 11.3 Å². The second-order valence-corrected chi connectivity index (χ2v) is 7.07. The number of ether oxygens (including phenoxy) is 1. The highest BCUT2D eigenvalue weighted by Crippen LogP contribution is 2.27. The summed E-state index contributed by atoms with van der Waals surface area (Å²) in [4.78, 5) is 17.0. The molecule has 0 atom stereocenters. The maximum absolute atomic E-state index is 12.4. The lowest BCUT2D eigenvalue weighted by Crippen LogP contribution is -2.10. The van der Waals surface area contributed by atoms with Gasteiger partial charge in [-0.15, -0.1) is 0 Å². The Kier molecular flexibility index (Phi) is 5.67. The predicted octanol–water partition coefficient (Wildman–Crippen LogP) is 4.84.